The highest BCUT2D eigenvalue weighted by atomic mass is 16.5. The van der Waals surface area contributed by atoms with Gasteiger partial charge in [0, 0.05) is 12.0 Å². The zero-order chi connectivity index (χ0) is 15.6. The van der Waals surface area contributed by atoms with Crippen LogP contribution in [-0.4, -0.2) is 12.9 Å². The summed E-state index contributed by atoms with van der Waals surface area (Å²) >= 11 is 0. The van der Waals surface area contributed by atoms with E-state index in [9.17, 15) is 4.79 Å². The van der Waals surface area contributed by atoms with Crippen LogP contribution in [0, 0.1) is 5.92 Å². The molecule has 0 radical (unpaired) electrons. The number of rotatable bonds is 10. The van der Waals surface area contributed by atoms with Crippen LogP contribution < -0.4 is 4.74 Å². The van der Waals surface area contributed by atoms with Crippen molar-refractivity contribution in [1.82, 2.24) is 0 Å². The second kappa shape index (κ2) is 9.24. The van der Waals surface area contributed by atoms with Gasteiger partial charge in [0.05, 0.1) is 7.11 Å². The number of ether oxygens (including phenoxy) is 1. The summed E-state index contributed by atoms with van der Waals surface area (Å²) in [4.78, 5) is 12.1. The third kappa shape index (κ3) is 5.51. The van der Waals surface area contributed by atoms with Gasteiger partial charge in [-0.2, -0.15) is 0 Å². The van der Waals surface area contributed by atoms with Gasteiger partial charge in [0.15, 0.2) is 5.78 Å². The molecular formula is C20H26O2. The highest BCUT2D eigenvalue weighted by Gasteiger charge is 2.06. The average molecular weight is 298 g/mol. The van der Waals surface area contributed by atoms with Crippen LogP contribution in [0.3, 0.4) is 0 Å². The lowest BCUT2D eigenvalue weighted by Crippen LogP contribution is -1.99. The molecule has 0 atom stereocenters. The molecule has 1 aromatic rings. The van der Waals surface area contributed by atoms with Gasteiger partial charge in [-0.3, -0.25) is 4.79 Å². The second-order valence-electron chi connectivity index (χ2n) is 5.89. The Balaban J connectivity index is 1.53. The number of benzene rings is 1. The molecule has 118 valence electrons. The van der Waals surface area contributed by atoms with Gasteiger partial charge < -0.3 is 4.74 Å². The molecule has 0 N–H and O–H groups in total. The summed E-state index contributed by atoms with van der Waals surface area (Å²) in [5.41, 5.74) is 0.792. The summed E-state index contributed by atoms with van der Waals surface area (Å²) in [6.07, 6.45) is 16.7. The van der Waals surface area contributed by atoms with E-state index in [2.05, 4.69) is 24.3 Å². The fourth-order valence-electron chi connectivity index (χ4n) is 2.79. The smallest absolute Gasteiger partial charge is 0.162 e. The molecular weight excluding hydrogens is 272 g/mol. The van der Waals surface area contributed by atoms with Crippen LogP contribution in [-0.2, 0) is 0 Å². The summed E-state index contributed by atoms with van der Waals surface area (Å²) in [5, 5.41) is 0. The summed E-state index contributed by atoms with van der Waals surface area (Å²) in [7, 11) is 1.64. The van der Waals surface area contributed by atoms with Gasteiger partial charge in [0.1, 0.15) is 5.75 Å². The molecule has 0 fully saturated rings. The Morgan fingerprint density at radius 2 is 1.59 bits per heavy atom. The third-order valence-electron chi connectivity index (χ3n) is 4.18. The van der Waals surface area contributed by atoms with E-state index in [0.717, 1.165) is 24.2 Å². The molecule has 0 aliphatic heterocycles. The summed E-state index contributed by atoms with van der Waals surface area (Å²) in [5.74, 6) is 1.70. The molecule has 1 aliphatic rings. The minimum absolute atomic E-state index is 0.240. The summed E-state index contributed by atoms with van der Waals surface area (Å²) in [6, 6.07) is 7.39. The van der Waals surface area contributed by atoms with Crippen LogP contribution in [0.1, 0.15) is 55.3 Å². The van der Waals surface area contributed by atoms with Gasteiger partial charge in [0.2, 0.25) is 0 Å². The number of carbonyl (C=O) groups excluding carboxylic acids is 1. The number of ketones is 1. The Bertz CT molecular complexity index is 499. The van der Waals surface area contributed by atoms with Crippen LogP contribution in [0.15, 0.2) is 48.6 Å². The standard InChI is InChI=1S/C20H26O2/c1-22-19-15-13-18(14-16-19)20(21)12-6-4-2-3-5-9-17-10-7-8-11-17/h7-8,10-11,13-17H,2-6,9,12H2,1H3. The molecule has 0 spiro atoms. The van der Waals surface area contributed by atoms with E-state index in [1.807, 2.05) is 24.3 Å². The monoisotopic (exact) mass is 298 g/mol. The van der Waals surface area contributed by atoms with Crippen LogP contribution in [0.25, 0.3) is 0 Å². The minimum atomic E-state index is 0.240. The first-order valence-corrected chi connectivity index (χ1v) is 8.32. The average Bonchev–Trinajstić information content (AvgIpc) is 3.07. The number of allylic oxidation sites excluding steroid dienone is 4. The van der Waals surface area contributed by atoms with Gasteiger partial charge in [-0.05, 0) is 43.0 Å². The van der Waals surface area contributed by atoms with Gasteiger partial charge in [-0.1, -0.05) is 50.0 Å². The van der Waals surface area contributed by atoms with Crippen molar-refractivity contribution in [3.63, 3.8) is 0 Å². The lowest BCUT2D eigenvalue weighted by atomic mass is 10.0. The van der Waals surface area contributed by atoms with Gasteiger partial charge in [0.25, 0.3) is 0 Å². The summed E-state index contributed by atoms with van der Waals surface area (Å²) in [6.45, 7) is 0. The van der Waals surface area contributed by atoms with Crippen LogP contribution in [0.4, 0.5) is 0 Å². The molecule has 1 aromatic carbocycles. The molecule has 2 rings (SSSR count). The minimum Gasteiger partial charge on any atom is -0.497 e. The zero-order valence-corrected chi connectivity index (χ0v) is 13.5. The Labute approximate surface area is 133 Å². The van der Waals surface area contributed by atoms with E-state index in [1.54, 1.807) is 7.11 Å². The SMILES string of the molecule is COc1ccc(C(=O)CCCCCCCC2C=CC=C2)cc1. The van der Waals surface area contributed by atoms with Crippen molar-refractivity contribution in [2.75, 3.05) is 7.11 Å². The number of methoxy groups -OCH3 is 1. The number of unbranched alkanes of at least 4 members (excludes halogenated alkanes) is 4. The Kier molecular flexibility index (Phi) is 6.95. The number of hydrogen-bond donors (Lipinski definition) is 0. The first-order valence-electron chi connectivity index (χ1n) is 8.32. The molecule has 22 heavy (non-hydrogen) atoms. The van der Waals surface area contributed by atoms with Crippen molar-refractivity contribution in [3.05, 3.63) is 54.1 Å². The molecule has 0 saturated carbocycles. The maximum Gasteiger partial charge on any atom is 0.162 e. The van der Waals surface area contributed by atoms with Gasteiger partial charge in [-0.25, -0.2) is 0 Å². The largest absolute Gasteiger partial charge is 0.497 e. The molecule has 0 saturated heterocycles. The van der Waals surface area contributed by atoms with E-state index in [-0.39, 0.29) is 5.78 Å². The second-order valence-corrected chi connectivity index (χ2v) is 5.89. The van der Waals surface area contributed by atoms with Crippen molar-refractivity contribution >= 4 is 5.78 Å². The maximum absolute atomic E-state index is 12.1. The van der Waals surface area contributed by atoms with Gasteiger partial charge >= 0.3 is 0 Å². The molecule has 0 unspecified atom stereocenters. The zero-order valence-electron chi connectivity index (χ0n) is 13.5. The lowest BCUT2D eigenvalue weighted by Gasteiger charge is -2.05. The van der Waals surface area contributed by atoms with Crippen molar-refractivity contribution in [1.29, 1.82) is 0 Å². The van der Waals surface area contributed by atoms with Crippen LogP contribution in [0.5, 0.6) is 5.75 Å². The first kappa shape index (κ1) is 16.5. The lowest BCUT2D eigenvalue weighted by molar-refractivity contribution is 0.0979. The highest BCUT2D eigenvalue weighted by Crippen LogP contribution is 2.18. The summed E-state index contributed by atoms with van der Waals surface area (Å²) < 4.78 is 5.10. The molecule has 0 aromatic heterocycles. The van der Waals surface area contributed by atoms with E-state index >= 15 is 0 Å². The van der Waals surface area contributed by atoms with Gasteiger partial charge in [-0.15, -0.1) is 0 Å². The predicted molar refractivity (Wildman–Crippen MR) is 91.4 cm³/mol. The number of Topliss-reactive ketones (excluding diaryl/α,β-unsaturated/α-hetero) is 1. The predicted octanol–water partition coefficient (Wildman–Crippen LogP) is 5.35. The van der Waals surface area contributed by atoms with E-state index < -0.39 is 0 Å². The molecule has 0 bridgehead atoms. The highest BCUT2D eigenvalue weighted by molar-refractivity contribution is 5.96. The normalized spacial score (nSPS) is 13.7. The number of hydrogen-bond acceptors (Lipinski definition) is 2. The Morgan fingerprint density at radius 1 is 0.955 bits per heavy atom. The Hall–Kier alpha value is -1.83. The Morgan fingerprint density at radius 3 is 2.27 bits per heavy atom. The van der Waals surface area contributed by atoms with Crippen molar-refractivity contribution in [2.45, 2.75) is 44.9 Å². The van der Waals surface area contributed by atoms with Crippen molar-refractivity contribution in [3.8, 4) is 5.75 Å². The molecule has 0 amide bonds. The van der Waals surface area contributed by atoms with E-state index in [0.29, 0.717) is 12.3 Å². The quantitative estimate of drug-likeness (QED) is 0.430. The van der Waals surface area contributed by atoms with E-state index in [4.69, 9.17) is 4.74 Å². The molecule has 2 nitrogen and oxygen atoms in total. The molecule has 1 aliphatic carbocycles. The van der Waals surface area contributed by atoms with E-state index in [1.165, 1.54) is 25.7 Å². The fourth-order valence-corrected chi connectivity index (χ4v) is 2.79. The molecule has 0 heterocycles. The van der Waals surface area contributed by atoms with Crippen LogP contribution >= 0.6 is 0 Å². The van der Waals surface area contributed by atoms with Crippen molar-refractivity contribution in [2.24, 2.45) is 5.92 Å². The maximum atomic E-state index is 12.1. The first-order chi connectivity index (χ1) is 10.8. The number of carbonyl (C=O) groups is 1. The molecule has 2 heteroatoms. The van der Waals surface area contributed by atoms with Crippen molar-refractivity contribution < 1.29 is 9.53 Å². The van der Waals surface area contributed by atoms with Crippen LogP contribution in [0.2, 0.25) is 0 Å². The topological polar surface area (TPSA) is 26.3 Å². The third-order valence-corrected chi connectivity index (χ3v) is 4.18. The fraction of sp³-hybridized carbons (Fsp3) is 0.450.